The number of aromatic nitrogens is 3. The van der Waals surface area contributed by atoms with E-state index in [0.717, 1.165) is 11.5 Å². The number of fused-ring (bicyclic) bond motifs is 1. The van der Waals surface area contributed by atoms with Crippen molar-refractivity contribution in [1.82, 2.24) is 14.6 Å². The Balaban J connectivity index is 1.83. The SMILES string of the molecule is Cc1ccc(C(C)Nc2ccn3nccc3n2)s1. The van der Waals surface area contributed by atoms with Crippen LogP contribution in [0, 0.1) is 6.92 Å². The molecule has 0 radical (unpaired) electrons. The number of nitrogens with zero attached hydrogens (tertiary/aromatic N) is 3. The van der Waals surface area contributed by atoms with Crippen LogP contribution >= 0.6 is 11.3 Å². The summed E-state index contributed by atoms with van der Waals surface area (Å²) in [5.41, 5.74) is 0.856. The molecule has 1 unspecified atom stereocenters. The van der Waals surface area contributed by atoms with Gasteiger partial charge in [0.05, 0.1) is 12.2 Å². The van der Waals surface area contributed by atoms with Crippen molar-refractivity contribution in [3.63, 3.8) is 0 Å². The average Bonchev–Trinajstić information content (AvgIpc) is 2.96. The van der Waals surface area contributed by atoms with Gasteiger partial charge in [-0.1, -0.05) is 0 Å². The Bertz CT molecular complexity index is 670. The maximum absolute atomic E-state index is 4.50. The first-order valence-corrected chi connectivity index (χ1v) is 6.67. The van der Waals surface area contributed by atoms with Crippen molar-refractivity contribution < 1.29 is 0 Å². The van der Waals surface area contributed by atoms with Gasteiger partial charge in [-0.15, -0.1) is 11.3 Å². The van der Waals surface area contributed by atoms with Crippen LogP contribution in [-0.2, 0) is 0 Å². The molecule has 4 nitrogen and oxygen atoms in total. The first-order valence-electron chi connectivity index (χ1n) is 5.85. The summed E-state index contributed by atoms with van der Waals surface area (Å²) in [5, 5.41) is 7.54. The molecule has 0 fully saturated rings. The Labute approximate surface area is 109 Å². The van der Waals surface area contributed by atoms with Crippen LogP contribution in [0.15, 0.2) is 36.7 Å². The number of nitrogens with one attached hydrogen (secondary N) is 1. The highest BCUT2D eigenvalue weighted by Crippen LogP contribution is 2.25. The second-order valence-corrected chi connectivity index (χ2v) is 5.58. The standard InChI is InChI=1S/C13H14N4S/c1-9-3-4-11(18-9)10(2)15-12-6-8-17-13(16-12)5-7-14-17/h3-8,10H,1-2H3,(H,15,16). The molecule has 92 valence electrons. The molecular weight excluding hydrogens is 244 g/mol. The van der Waals surface area contributed by atoms with Crippen LogP contribution in [0.2, 0.25) is 0 Å². The Morgan fingerprint density at radius 1 is 1.28 bits per heavy atom. The lowest BCUT2D eigenvalue weighted by molar-refractivity contribution is 0.884. The second kappa shape index (κ2) is 4.42. The highest BCUT2D eigenvalue weighted by atomic mass is 32.1. The summed E-state index contributed by atoms with van der Waals surface area (Å²) >= 11 is 1.81. The van der Waals surface area contributed by atoms with E-state index < -0.39 is 0 Å². The fraction of sp³-hybridized carbons (Fsp3) is 0.231. The topological polar surface area (TPSA) is 42.2 Å². The summed E-state index contributed by atoms with van der Waals surface area (Å²) in [7, 11) is 0. The van der Waals surface area contributed by atoms with Crippen LogP contribution in [0.5, 0.6) is 0 Å². The van der Waals surface area contributed by atoms with E-state index in [1.807, 2.05) is 29.7 Å². The molecule has 3 rings (SSSR count). The molecule has 0 aliphatic heterocycles. The summed E-state index contributed by atoms with van der Waals surface area (Å²) in [4.78, 5) is 7.15. The van der Waals surface area contributed by atoms with E-state index in [2.05, 4.69) is 41.4 Å². The molecule has 0 saturated heterocycles. The van der Waals surface area contributed by atoms with Crippen LogP contribution in [0.25, 0.3) is 5.65 Å². The minimum absolute atomic E-state index is 0.265. The molecular formula is C13H14N4S. The molecule has 0 aliphatic carbocycles. The molecule has 3 aromatic rings. The summed E-state index contributed by atoms with van der Waals surface area (Å²) in [6.45, 7) is 4.27. The molecule has 0 aliphatic rings. The zero-order valence-corrected chi connectivity index (χ0v) is 11.1. The largest absolute Gasteiger partial charge is 0.363 e. The van der Waals surface area contributed by atoms with E-state index in [9.17, 15) is 0 Å². The third-order valence-corrected chi connectivity index (χ3v) is 3.99. The van der Waals surface area contributed by atoms with Crippen molar-refractivity contribution >= 4 is 22.8 Å². The third-order valence-electron chi connectivity index (χ3n) is 2.81. The predicted molar refractivity (Wildman–Crippen MR) is 74.1 cm³/mol. The highest BCUT2D eigenvalue weighted by Gasteiger charge is 2.08. The van der Waals surface area contributed by atoms with Crippen molar-refractivity contribution in [1.29, 1.82) is 0 Å². The van der Waals surface area contributed by atoms with Gasteiger partial charge in [-0.2, -0.15) is 5.10 Å². The lowest BCUT2D eigenvalue weighted by atomic mass is 10.2. The monoisotopic (exact) mass is 258 g/mol. The van der Waals surface area contributed by atoms with Gasteiger partial charge in [-0.25, -0.2) is 9.50 Å². The normalized spacial score (nSPS) is 12.8. The number of anilines is 1. The zero-order chi connectivity index (χ0) is 12.5. The first-order chi connectivity index (χ1) is 8.72. The molecule has 3 aromatic heterocycles. The van der Waals surface area contributed by atoms with Gasteiger partial charge in [-0.3, -0.25) is 0 Å². The number of rotatable bonds is 3. The first kappa shape index (κ1) is 11.2. The van der Waals surface area contributed by atoms with Gasteiger partial charge in [0.2, 0.25) is 0 Å². The van der Waals surface area contributed by atoms with Gasteiger partial charge < -0.3 is 5.32 Å². The maximum atomic E-state index is 4.50. The maximum Gasteiger partial charge on any atom is 0.157 e. The predicted octanol–water partition coefficient (Wildman–Crippen LogP) is 3.27. The number of hydrogen-bond donors (Lipinski definition) is 1. The second-order valence-electron chi connectivity index (χ2n) is 4.26. The lowest BCUT2D eigenvalue weighted by Crippen LogP contribution is -2.07. The van der Waals surface area contributed by atoms with E-state index in [4.69, 9.17) is 0 Å². The van der Waals surface area contributed by atoms with Gasteiger partial charge in [0.25, 0.3) is 0 Å². The van der Waals surface area contributed by atoms with Crippen LogP contribution in [0.1, 0.15) is 22.7 Å². The molecule has 0 saturated carbocycles. The van der Waals surface area contributed by atoms with Crippen LogP contribution in [-0.4, -0.2) is 14.6 Å². The smallest absolute Gasteiger partial charge is 0.157 e. The summed E-state index contributed by atoms with van der Waals surface area (Å²) in [6, 6.07) is 8.41. The van der Waals surface area contributed by atoms with Crippen molar-refractivity contribution in [2.75, 3.05) is 5.32 Å². The Morgan fingerprint density at radius 3 is 2.94 bits per heavy atom. The van der Waals surface area contributed by atoms with Gasteiger partial charge in [-0.05, 0) is 32.0 Å². The van der Waals surface area contributed by atoms with Crippen molar-refractivity contribution in [2.45, 2.75) is 19.9 Å². The fourth-order valence-corrected chi connectivity index (χ4v) is 2.75. The Hall–Kier alpha value is -1.88. The van der Waals surface area contributed by atoms with Gasteiger partial charge in [0.15, 0.2) is 5.65 Å². The highest BCUT2D eigenvalue weighted by molar-refractivity contribution is 7.12. The molecule has 0 bridgehead atoms. The van der Waals surface area contributed by atoms with Crippen LogP contribution < -0.4 is 5.32 Å². The Kier molecular flexibility index (Phi) is 2.76. The molecule has 18 heavy (non-hydrogen) atoms. The van der Waals surface area contributed by atoms with Crippen molar-refractivity contribution in [3.8, 4) is 0 Å². The van der Waals surface area contributed by atoms with E-state index in [1.165, 1.54) is 9.75 Å². The van der Waals surface area contributed by atoms with Gasteiger partial charge in [0, 0.05) is 22.0 Å². The molecule has 5 heteroatoms. The summed E-state index contributed by atoms with van der Waals surface area (Å²) < 4.78 is 1.76. The minimum atomic E-state index is 0.265. The molecule has 1 atom stereocenters. The molecule has 1 N–H and O–H groups in total. The fourth-order valence-electron chi connectivity index (χ4n) is 1.87. The third kappa shape index (κ3) is 2.09. The molecule has 3 heterocycles. The summed E-state index contributed by atoms with van der Waals surface area (Å²) in [6.07, 6.45) is 3.66. The molecule has 0 amide bonds. The van der Waals surface area contributed by atoms with Crippen LogP contribution in [0.3, 0.4) is 0 Å². The van der Waals surface area contributed by atoms with Crippen molar-refractivity contribution in [2.24, 2.45) is 0 Å². The average molecular weight is 258 g/mol. The quantitative estimate of drug-likeness (QED) is 0.784. The minimum Gasteiger partial charge on any atom is -0.363 e. The van der Waals surface area contributed by atoms with E-state index in [-0.39, 0.29) is 6.04 Å². The Morgan fingerprint density at radius 2 is 2.17 bits per heavy atom. The molecule has 0 spiro atoms. The van der Waals surface area contributed by atoms with Crippen LogP contribution in [0.4, 0.5) is 5.82 Å². The number of aryl methyl sites for hydroxylation is 1. The lowest BCUT2D eigenvalue weighted by Gasteiger charge is -2.12. The molecule has 0 aromatic carbocycles. The van der Waals surface area contributed by atoms with Gasteiger partial charge in [0.1, 0.15) is 5.82 Å². The van der Waals surface area contributed by atoms with E-state index in [0.29, 0.717) is 0 Å². The zero-order valence-electron chi connectivity index (χ0n) is 10.3. The van der Waals surface area contributed by atoms with Crippen molar-refractivity contribution in [3.05, 3.63) is 46.4 Å². The summed E-state index contributed by atoms with van der Waals surface area (Å²) in [5.74, 6) is 0.876. The van der Waals surface area contributed by atoms with Gasteiger partial charge >= 0.3 is 0 Å². The number of hydrogen-bond acceptors (Lipinski definition) is 4. The van der Waals surface area contributed by atoms with E-state index in [1.54, 1.807) is 10.7 Å². The van der Waals surface area contributed by atoms with E-state index >= 15 is 0 Å². The number of thiophene rings is 1.